The quantitative estimate of drug-likeness (QED) is 0.717. The first-order valence-electron chi connectivity index (χ1n) is 9.76. The number of piperidine rings is 1. The predicted octanol–water partition coefficient (Wildman–Crippen LogP) is 3.12. The van der Waals surface area contributed by atoms with Crippen molar-refractivity contribution >= 4 is 34.4 Å². The van der Waals surface area contributed by atoms with Crippen molar-refractivity contribution in [3.05, 3.63) is 69.5 Å². The lowest BCUT2D eigenvalue weighted by Gasteiger charge is -2.32. The zero-order valence-corrected chi connectivity index (χ0v) is 17.0. The molecule has 1 saturated heterocycles. The van der Waals surface area contributed by atoms with Crippen LogP contribution in [0.4, 0.5) is 5.82 Å². The molecule has 0 aliphatic carbocycles. The van der Waals surface area contributed by atoms with Crippen LogP contribution >= 0.6 is 11.6 Å². The van der Waals surface area contributed by atoms with Crippen LogP contribution in [0.15, 0.2) is 53.3 Å². The lowest BCUT2D eigenvalue weighted by atomic mass is 9.96. The maximum absolute atomic E-state index is 12.8. The van der Waals surface area contributed by atoms with Gasteiger partial charge in [-0.1, -0.05) is 35.9 Å². The normalized spacial score (nSPS) is 14.9. The van der Waals surface area contributed by atoms with Gasteiger partial charge in [-0.25, -0.2) is 4.98 Å². The number of halogens is 1. The van der Waals surface area contributed by atoms with Crippen LogP contribution in [0.5, 0.6) is 0 Å². The highest BCUT2D eigenvalue weighted by molar-refractivity contribution is 6.30. The lowest BCUT2D eigenvalue weighted by molar-refractivity contribution is -0.125. The number of fused-ring (bicyclic) bond motifs is 1. The Morgan fingerprint density at radius 1 is 1.14 bits per heavy atom. The summed E-state index contributed by atoms with van der Waals surface area (Å²) in [5.41, 5.74) is 2.53. The summed E-state index contributed by atoms with van der Waals surface area (Å²) >= 11 is 5.89. The topological polar surface area (TPSA) is 67.2 Å². The minimum absolute atomic E-state index is 0.0529. The molecule has 0 unspecified atom stereocenters. The number of nitrogens with one attached hydrogen (secondary N) is 1. The van der Waals surface area contributed by atoms with Gasteiger partial charge in [0.2, 0.25) is 5.91 Å². The number of aryl methyl sites for hydroxylation is 1. The number of hydrogen-bond acceptors (Lipinski definition) is 4. The molecule has 1 aromatic heterocycles. The second-order valence-corrected chi connectivity index (χ2v) is 7.83. The van der Waals surface area contributed by atoms with E-state index in [4.69, 9.17) is 11.6 Å². The van der Waals surface area contributed by atoms with Crippen LogP contribution in [0, 0.1) is 5.92 Å². The summed E-state index contributed by atoms with van der Waals surface area (Å²) in [6, 6.07) is 15.1. The predicted molar refractivity (Wildman–Crippen MR) is 115 cm³/mol. The number of benzene rings is 2. The second-order valence-electron chi connectivity index (χ2n) is 7.39. The SMILES string of the molecule is Cn1c(=O)c(N2CCC(C(=O)NCc3ccc(Cl)cc3)CC2)nc2ccccc21. The van der Waals surface area contributed by atoms with Crippen LogP contribution in [0.25, 0.3) is 11.0 Å². The molecule has 0 spiro atoms. The van der Waals surface area contributed by atoms with Crippen molar-refractivity contribution in [2.75, 3.05) is 18.0 Å². The minimum Gasteiger partial charge on any atom is -0.352 e. The Hall–Kier alpha value is -2.86. The van der Waals surface area contributed by atoms with E-state index < -0.39 is 0 Å². The molecule has 1 amide bonds. The average Bonchev–Trinajstić information content (AvgIpc) is 2.76. The smallest absolute Gasteiger partial charge is 0.293 e. The molecule has 29 heavy (non-hydrogen) atoms. The third kappa shape index (κ3) is 4.12. The molecule has 2 aromatic carbocycles. The Bertz CT molecular complexity index is 1090. The van der Waals surface area contributed by atoms with Crippen molar-refractivity contribution in [1.29, 1.82) is 0 Å². The van der Waals surface area contributed by atoms with E-state index in [0.29, 0.717) is 43.3 Å². The number of rotatable bonds is 4. The van der Waals surface area contributed by atoms with E-state index in [0.717, 1.165) is 16.6 Å². The van der Waals surface area contributed by atoms with Crippen molar-refractivity contribution < 1.29 is 4.79 Å². The number of amides is 1. The summed E-state index contributed by atoms with van der Waals surface area (Å²) < 4.78 is 1.64. The third-order valence-corrected chi connectivity index (χ3v) is 5.76. The highest BCUT2D eigenvalue weighted by Crippen LogP contribution is 2.22. The molecule has 2 heterocycles. The Balaban J connectivity index is 1.40. The molecule has 6 nitrogen and oxygen atoms in total. The molecule has 0 atom stereocenters. The first kappa shape index (κ1) is 19.5. The average molecular weight is 411 g/mol. The summed E-state index contributed by atoms with van der Waals surface area (Å²) in [4.78, 5) is 31.9. The molecule has 4 rings (SSSR count). The van der Waals surface area contributed by atoms with Gasteiger partial charge in [0, 0.05) is 37.6 Å². The fraction of sp³-hybridized carbons (Fsp3) is 0.318. The summed E-state index contributed by atoms with van der Waals surface area (Å²) in [6.45, 7) is 1.77. The van der Waals surface area contributed by atoms with Gasteiger partial charge in [-0.05, 0) is 42.7 Å². The maximum atomic E-state index is 12.8. The molecule has 3 aromatic rings. The Kier molecular flexibility index (Phi) is 5.53. The van der Waals surface area contributed by atoms with E-state index in [2.05, 4.69) is 10.3 Å². The van der Waals surface area contributed by atoms with Gasteiger partial charge in [-0.3, -0.25) is 9.59 Å². The van der Waals surface area contributed by atoms with Crippen molar-refractivity contribution in [2.24, 2.45) is 13.0 Å². The Morgan fingerprint density at radius 2 is 1.83 bits per heavy atom. The van der Waals surface area contributed by atoms with Gasteiger partial charge in [0.15, 0.2) is 5.82 Å². The number of carbonyl (C=O) groups excluding carboxylic acids is 1. The van der Waals surface area contributed by atoms with E-state index in [1.165, 1.54) is 0 Å². The van der Waals surface area contributed by atoms with Crippen LogP contribution in [0.1, 0.15) is 18.4 Å². The maximum Gasteiger partial charge on any atom is 0.293 e. The first-order valence-corrected chi connectivity index (χ1v) is 10.1. The van der Waals surface area contributed by atoms with Gasteiger partial charge in [-0.15, -0.1) is 0 Å². The summed E-state index contributed by atoms with van der Waals surface area (Å²) in [5.74, 6) is 0.466. The van der Waals surface area contributed by atoms with Gasteiger partial charge in [-0.2, -0.15) is 0 Å². The lowest BCUT2D eigenvalue weighted by Crippen LogP contribution is -2.43. The van der Waals surface area contributed by atoms with Gasteiger partial charge in [0.1, 0.15) is 0 Å². The van der Waals surface area contributed by atoms with E-state index >= 15 is 0 Å². The molecule has 1 aliphatic heterocycles. The Morgan fingerprint density at radius 3 is 2.55 bits per heavy atom. The standard InChI is InChI=1S/C22H23ClN4O2/c1-26-19-5-3-2-4-18(19)25-20(22(26)29)27-12-10-16(11-13-27)21(28)24-14-15-6-8-17(23)9-7-15/h2-9,16H,10-14H2,1H3,(H,24,28). The molecule has 0 saturated carbocycles. The Labute approximate surface area is 174 Å². The van der Waals surface area contributed by atoms with Crippen LogP contribution in [-0.2, 0) is 18.4 Å². The van der Waals surface area contributed by atoms with Gasteiger partial charge in [0.25, 0.3) is 5.56 Å². The molecular formula is C22H23ClN4O2. The fourth-order valence-electron chi connectivity index (χ4n) is 3.76. The van der Waals surface area contributed by atoms with Crippen molar-refractivity contribution in [2.45, 2.75) is 19.4 Å². The second kappa shape index (κ2) is 8.25. The number of aromatic nitrogens is 2. The molecule has 0 bridgehead atoms. The van der Waals surface area contributed by atoms with Crippen molar-refractivity contribution in [3.63, 3.8) is 0 Å². The molecular weight excluding hydrogens is 388 g/mol. The molecule has 1 aliphatic rings. The number of nitrogens with zero attached hydrogens (tertiary/aromatic N) is 3. The van der Waals surface area contributed by atoms with E-state index in [-0.39, 0.29) is 17.4 Å². The monoisotopic (exact) mass is 410 g/mol. The molecule has 0 radical (unpaired) electrons. The molecule has 150 valence electrons. The van der Waals surface area contributed by atoms with Crippen molar-refractivity contribution in [3.8, 4) is 0 Å². The molecule has 7 heteroatoms. The fourth-order valence-corrected chi connectivity index (χ4v) is 3.88. The third-order valence-electron chi connectivity index (χ3n) is 5.51. The number of carbonyl (C=O) groups is 1. The van der Waals surface area contributed by atoms with Crippen LogP contribution < -0.4 is 15.8 Å². The zero-order valence-electron chi connectivity index (χ0n) is 16.3. The zero-order chi connectivity index (χ0) is 20.4. The van der Waals surface area contributed by atoms with Gasteiger partial charge in [0.05, 0.1) is 11.0 Å². The van der Waals surface area contributed by atoms with Crippen molar-refractivity contribution in [1.82, 2.24) is 14.9 Å². The van der Waals surface area contributed by atoms with Gasteiger partial charge >= 0.3 is 0 Å². The number of para-hydroxylation sites is 2. The van der Waals surface area contributed by atoms with E-state index in [9.17, 15) is 9.59 Å². The highest BCUT2D eigenvalue weighted by atomic mass is 35.5. The van der Waals surface area contributed by atoms with Gasteiger partial charge < -0.3 is 14.8 Å². The minimum atomic E-state index is -0.102. The summed E-state index contributed by atoms with van der Waals surface area (Å²) in [5, 5.41) is 3.69. The summed E-state index contributed by atoms with van der Waals surface area (Å²) in [6.07, 6.45) is 1.40. The highest BCUT2D eigenvalue weighted by Gasteiger charge is 2.27. The van der Waals surface area contributed by atoms with E-state index in [1.54, 1.807) is 11.6 Å². The van der Waals surface area contributed by atoms with Crippen LogP contribution in [0.3, 0.4) is 0 Å². The first-order chi connectivity index (χ1) is 14.0. The summed E-state index contributed by atoms with van der Waals surface area (Å²) in [7, 11) is 1.77. The largest absolute Gasteiger partial charge is 0.352 e. The molecule has 1 fully saturated rings. The van der Waals surface area contributed by atoms with E-state index in [1.807, 2.05) is 53.4 Å². The number of hydrogen-bond donors (Lipinski definition) is 1. The van der Waals surface area contributed by atoms with Crippen LogP contribution in [0.2, 0.25) is 5.02 Å². The molecule has 1 N–H and O–H groups in total. The van der Waals surface area contributed by atoms with Crippen LogP contribution in [-0.4, -0.2) is 28.5 Å². The number of anilines is 1.